The predicted octanol–water partition coefficient (Wildman–Crippen LogP) is 4.18. The van der Waals surface area contributed by atoms with Crippen molar-refractivity contribution in [3.8, 4) is 22.4 Å². The fourth-order valence-corrected chi connectivity index (χ4v) is 2.93. The van der Waals surface area contributed by atoms with Gasteiger partial charge in [-0.2, -0.15) is 0 Å². The van der Waals surface area contributed by atoms with Crippen LogP contribution in [0.3, 0.4) is 0 Å². The molecule has 116 valence electrons. The molecule has 0 radical (unpaired) electrons. The third-order valence-electron chi connectivity index (χ3n) is 4.16. The highest BCUT2D eigenvalue weighted by atomic mass is 16.1. The van der Waals surface area contributed by atoms with Crippen molar-refractivity contribution >= 4 is 12.1 Å². The highest BCUT2D eigenvalue weighted by Gasteiger charge is 2.11. The SMILES string of the molecule is Cc1c(-c2ccccc2)cccc1-c1cn2cc(C=O)cnc2n1. The minimum Gasteiger partial charge on any atom is -0.298 e. The van der Waals surface area contributed by atoms with Crippen LogP contribution in [0.4, 0.5) is 0 Å². The van der Waals surface area contributed by atoms with E-state index < -0.39 is 0 Å². The van der Waals surface area contributed by atoms with Crippen molar-refractivity contribution in [1.82, 2.24) is 14.4 Å². The summed E-state index contributed by atoms with van der Waals surface area (Å²) < 4.78 is 1.79. The number of imidazole rings is 1. The van der Waals surface area contributed by atoms with Gasteiger partial charge in [-0.3, -0.25) is 9.20 Å². The molecule has 2 aromatic carbocycles. The lowest BCUT2D eigenvalue weighted by Crippen LogP contribution is -1.90. The van der Waals surface area contributed by atoms with Crippen LogP contribution in [0, 0.1) is 6.92 Å². The number of aldehydes is 1. The summed E-state index contributed by atoms with van der Waals surface area (Å²) in [7, 11) is 0. The highest BCUT2D eigenvalue weighted by molar-refractivity contribution is 5.78. The molecule has 0 spiro atoms. The summed E-state index contributed by atoms with van der Waals surface area (Å²) in [5.41, 5.74) is 5.98. The number of nitrogens with zero attached hydrogens (tertiary/aromatic N) is 3. The summed E-state index contributed by atoms with van der Waals surface area (Å²) >= 11 is 0. The topological polar surface area (TPSA) is 47.3 Å². The maximum atomic E-state index is 10.9. The van der Waals surface area contributed by atoms with Crippen LogP contribution in [-0.2, 0) is 0 Å². The monoisotopic (exact) mass is 313 g/mol. The minimum atomic E-state index is 0.529. The molecule has 0 aliphatic heterocycles. The van der Waals surface area contributed by atoms with E-state index in [4.69, 9.17) is 0 Å². The van der Waals surface area contributed by atoms with Crippen molar-refractivity contribution < 1.29 is 4.79 Å². The zero-order valence-electron chi connectivity index (χ0n) is 13.2. The first-order valence-corrected chi connectivity index (χ1v) is 7.71. The molecule has 0 bridgehead atoms. The predicted molar refractivity (Wildman–Crippen MR) is 94.0 cm³/mol. The van der Waals surface area contributed by atoms with E-state index in [0.29, 0.717) is 11.3 Å². The summed E-state index contributed by atoms with van der Waals surface area (Å²) in [5.74, 6) is 0.583. The van der Waals surface area contributed by atoms with Crippen molar-refractivity contribution in [3.63, 3.8) is 0 Å². The van der Waals surface area contributed by atoms with E-state index in [1.807, 2.05) is 30.5 Å². The van der Waals surface area contributed by atoms with Gasteiger partial charge in [0.05, 0.1) is 5.69 Å². The molecule has 0 aliphatic carbocycles. The third kappa shape index (κ3) is 2.38. The first-order chi connectivity index (χ1) is 11.8. The zero-order chi connectivity index (χ0) is 16.5. The molecule has 0 amide bonds. The number of carbonyl (C=O) groups excluding carboxylic acids is 1. The molecule has 0 saturated carbocycles. The maximum Gasteiger partial charge on any atom is 0.234 e. The molecule has 4 nitrogen and oxygen atoms in total. The van der Waals surface area contributed by atoms with Gasteiger partial charge in [0.25, 0.3) is 0 Å². The molecular formula is C20H15N3O. The number of hydrogen-bond acceptors (Lipinski definition) is 3. The van der Waals surface area contributed by atoms with Crippen molar-refractivity contribution in [2.75, 3.05) is 0 Å². The molecule has 4 rings (SSSR count). The minimum absolute atomic E-state index is 0.529. The van der Waals surface area contributed by atoms with Gasteiger partial charge in [0, 0.05) is 29.7 Å². The molecule has 0 atom stereocenters. The second kappa shape index (κ2) is 5.74. The number of fused-ring (bicyclic) bond motifs is 1. The fourth-order valence-electron chi connectivity index (χ4n) is 2.93. The molecule has 2 aromatic heterocycles. The van der Waals surface area contributed by atoms with Crippen molar-refractivity contribution in [2.45, 2.75) is 6.92 Å². The van der Waals surface area contributed by atoms with Gasteiger partial charge in [-0.25, -0.2) is 9.97 Å². The average molecular weight is 313 g/mol. The Morgan fingerprint density at radius 2 is 1.75 bits per heavy atom. The average Bonchev–Trinajstić information content (AvgIpc) is 3.05. The highest BCUT2D eigenvalue weighted by Crippen LogP contribution is 2.31. The Kier molecular flexibility index (Phi) is 3.43. The summed E-state index contributed by atoms with van der Waals surface area (Å²) in [4.78, 5) is 19.7. The van der Waals surface area contributed by atoms with Gasteiger partial charge < -0.3 is 0 Å². The van der Waals surface area contributed by atoms with Gasteiger partial charge in [0.2, 0.25) is 5.78 Å². The van der Waals surface area contributed by atoms with Crippen molar-refractivity contribution in [2.24, 2.45) is 0 Å². The normalized spacial score (nSPS) is 10.9. The van der Waals surface area contributed by atoms with Crippen LogP contribution in [0.1, 0.15) is 15.9 Å². The molecule has 0 N–H and O–H groups in total. The van der Waals surface area contributed by atoms with E-state index in [1.54, 1.807) is 10.6 Å². The molecule has 2 heterocycles. The van der Waals surface area contributed by atoms with E-state index in [-0.39, 0.29) is 0 Å². The zero-order valence-corrected chi connectivity index (χ0v) is 13.2. The first-order valence-electron chi connectivity index (χ1n) is 7.71. The summed E-state index contributed by atoms with van der Waals surface area (Å²) in [6.45, 7) is 2.10. The van der Waals surface area contributed by atoms with Crippen LogP contribution in [0.25, 0.3) is 28.2 Å². The Balaban J connectivity index is 1.86. The Hall–Kier alpha value is -3.27. The molecule has 4 heteroatoms. The van der Waals surface area contributed by atoms with Gasteiger partial charge in [-0.05, 0) is 23.6 Å². The van der Waals surface area contributed by atoms with Crippen LogP contribution in [0.15, 0.2) is 67.1 Å². The molecule has 0 unspecified atom stereocenters. The van der Waals surface area contributed by atoms with E-state index in [9.17, 15) is 4.79 Å². The Bertz CT molecular complexity index is 1040. The van der Waals surface area contributed by atoms with Gasteiger partial charge in [-0.15, -0.1) is 0 Å². The van der Waals surface area contributed by atoms with Gasteiger partial charge in [0.15, 0.2) is 6.29 Å². The molecule has 0 saturated heterocycles. The van der Waals surface area contributed by atoms with E-state index in [1.165, 1.54) is 22.9 Å². The smallest absolute Gasteiger partial charge is 0.234 e. The van der Waals surface area contributed by atoms with Gasteiger partial charge in [0.1, 0.15) is 0 Å². The quantitative estimate of drug-likeness (QED) is 0.533. The first kappa shape index (κ1) is 14.3. The third-order valence-corrected chi connectivity index (χ3v) is 4.16. The largest absolute Gasteiger partial charge is 0.298 e. The molecule has 24 heavy (non-hydrogen) atoms. The van der Waals surface area contributed by atoms with Crippen molar-refractivity contribution in [3.05, 3.63) is 78.2 Å². The van der Waals surface area contributed by atoms with Crippen LogP contribution in [-0.4, -0.2) is 20.7 Å². The lowest BCUT2D eigenvalue weighted by molar-refractivity contribution is 0.112. The summed E-state index contributed by atoms with van der Waals surface area (Å²) in [6, 6.07) is 16.5. The Morgan fingerprint density at radius 3 is 2.54 bits per heavy atom. The lowest BCUT2D eigenvalue weighted by Gasteiger charge is -2.09. The number of carbonyl (C=O) groups is 1. The van der Waals surface area contributed by atoms with Crippen LogP contribution < -0.4 is 0 Å². The van der Waals surface area contributed by atoms with Crippen LogP contribution in [0.2, 0.25) is 0 Å². The van der Waals surface area contributed by atoms with Crippen LogP contribution >= 0.6 is 0 Å². The second-order valence-corrected chi connectivity index (χ2v) is 5.68. The maximum absolute atomic E-state index is 10.9. The Labute approximate surface area is 139 Å². The fraction of sp³-hybridized carbons (Fsp3) is 0.0500. The Morgan fingerprint density at radius 1 is 0.958 bits per heavy atom. The molecule has 0 aliphatic rings. The molecular weight excluding hydrogens is 298 g/mol. The number of benzene rings is 2. The number of rotatable bonds is 3. The summed E-state index contributed by atoms with van der Waals surface area (Å²) in [6.07, 6.45) is 5.97. The van der Waals surface area contributed by atoms with Gasteiger partial charge >= 0.3 is 0 Å². The lowest BCUT2D eigenvalue weighted by atomic mass is 9.95. The standard InChI is InChI=1S/C20H15N3O/c1-14-17(16-6-3-2-4-7-16)8-5-9-18(14)19-12-23-11-15(13-24)10-21-20(23)22-19/h2-13H,1H3. The molecule has 4 aromatic rings. The van der Waals surface area contributed by atoms with Crippen molar-refractivity contribution in [1.29, 1.82) is 0 Å². The number of aromatic nitrogens is 3. The van der Waals surface area contributed by atoms with E-state index >= 15 is 0 Å². The number of hydrogen-bond donors (Lipinski definition) is 0. The second-order valence-electron chi connectivity index (χ2n) is 5.68. The van der Waals surface area contributed by atoms with E-state index in [0.717, 1.165) is 17.5 Å². The molecule has 0 fully saturated rings. The summed E-state index contributed by atoms with van der Waals surface area (Å²) in [5, 5.41) is 0. The van der Waals surface area contributed by atoms with Crippen LogP contribution in [0.5, 0.6) is 0 Å². The van der Waals surface area contributed by atoms with Gasteiger partial charge in [-0.1, -0.05) is 48.5 Å². The van der Waals surface area contributed by atoms with E-state index in [2.05, 4.69) is 41.2 Å².